The number of anilines is 1. The standard InChI is InChI=1S/C11H15N3O2/c1-2-10(15)12-9-5-6-11(14-13-9)16-7-8-3-4-8/h5-6,8H,2-4,7H2,1H3,(H,12,13,15). The number of rotatable bonds is 5. The number of nitrogens with one attached hydrogen (secondary N) is 1. The number of carbonyl (C=O) groups is 1. The predicted molar refractivity (Wildman–Crippen MR) is 59.2 cm³/mol. The second-order valence-electron chi connectivity index (χ2n) is 3.91. The van der Waals surface area contributed by atoms with E-state index in [0.717, 1.165) is 6.61 Å². The van der Waals surface area contributed by atoms with Crippen molar-refractivity contribution in [2.45, 2.75) is 26.2 Å². The van der Waals surface area contributed by atoms with Crippen LogP contribution in [0.15, 0.2) is 12.1 Å². The molecule has 0 radical (unpaired) electrons. The minimum Gasteiger partial charge on any atom is -0.476 e. The normalized spacial score (nSPS) is 14.6. The van der Waals surface area contributed by atoms with Gasteiger partial charge in [0.05, 0.1) is 6.61 Å². The highest BCUT2D eigenvalue weighted by molar-refractivity contribution is 5.89. The van der Waals surface area contributed by atoms with Gasteiger partial charge in [0.25, 0.3) is 0 Å². The molecule has 0 saturated heterocycles. The molecule has 16 heavy (non-hydrogen) atoms. The third-order valence-electron chi connectivity index (χ3n) is 2.39. The number of nitrogens with zero attached hydrogens (tertiary/aromatic N) is 2. The molecule has 0 unspecified atom stereocenters. The number of hydrogen-bond acceptors (Lipinski definition) is 4. The fraction of sp³-hybridized carbons (Fsp3) is 0.545. The van der Waals surface area contributed by atoms with Crippen LogP contribution >= 0.6 is 0 Å². The molecule has 5 nitrogen and oxygen atoms in total. The van der Waals surface area contributed by atoms with E-state index in [2.05, 4.69) is 15.5 Å². The van der Waals surface area contributed by atoms with E-state index >= 15 is 0 Å². The Hall–Kier alpha value is -1.65. The van der Waals surface area contributed by atoms with E-state index in [-0.39, 0.29) is 5.91 Å². The maximum Gasteiger partial charge on any atom is 0.233 e. The van der Waals surface area contributed by atoms with Crippen LogP contribution in [0.25, 0.3) is 0 Å². The fourth-order valence-corrected chi connectivity index (χ4v) is 1.18. The second kappa shape index (κ2) is 4.92. The molecule has 2 rings (SSSR count). The van der Waals surface area contributed by atoms with E-state index in [1.807, 2.05) is 0 Å². The van der Waals surface area contributed by atoms with Crippen LogP contribution in [0.3, 0.4) is 0 Å². The van der Waals surface area contributed by atoms with Gasteiger partial charge in [-0.2, -0.15) is 0 Å². The van der Waals surface area contributed by atoms with E-state index in [0.29, 0.717) is 24.0 Å². The van der Waals surface area contributed by atoms with Crippen molar-refractivity contribution >= 4 is 11.7 Å². The maximum absolute atomic E-state index is 11.1. The van der Waals surface area contributed by atoms with Crippen LogP contribution in [0, 0.1) is 5.92 Å². The Morgan fingerprint density at radius 3 is 2.88 bits per heavy atom. The molecule has 1 aliphatic rings. The van der Waals surface area contributed by atoms with Crippen LogP contribution in [-0.2, 0) is 4.79 Å². The quantitative estimate of drug-likeness (QED) is 0.820. The summed E-state index contributed by atoms with van der Waals surface area (Å²) in [6.45, 7) is 2.51. The molecule has 1 N–H and O–H groups in total. The summed E-state index contributed by atoms with van der Waals surface area (Å²) in [5.41, 5.74) is 0. The molecule has 5 heteroatoms. The first kappa shape index (κ1) is 10.9. The molecule has 0 atom stereocenters. The summed E-state index contributed by atoms with van der Waals surface area (Å²) in [4.78, 5) is 11.1. The van der Waals surface area contributed by atoms with Crippen molar-refractivity contribution in [3.63, 3.8) is 0 Å². The average Bonchev–Trinajstić information content (AvgIpc) is 3.12. The minimum atomic E-state index is -0.0686. The van der Waals surface area contributed by atoms with Gasteiger partial charge in [0, 0.05) is 12.5 Å². The van der Waals surface area contributed by atoms with Crippen LogP contribution in [0.4, 0.5) is 5.82 Å². The molecule has 0 aliphatic heterocycles. The molecule has 0 spiro atoms. The molecule has 0 bridgehead atoms. The third kappa shape index (κ3) is 3.18. The number of ether oxygens (including phenoxy) is 1. The van der Waals surface area contributed by atoms with Gasteiger partial charge in [-0.15, -0.1) is 10.2 Å². The zero-order chi connectivity index (χ0) is 11.4. The SMILES string of the molecule is CCC(=O)Nc1ccc(OCC2CC2)nn1. The molecule has 1 saturated carbocycles. The summed E-state index contributed by atoms with van der Waals surface area (Å²) in [6.07, 6.45) is 2.93. The lowest BCUT2D eigenvalue weighted by Crippen LogP contribution is -2.11. The Morgan fingerprint density at radius 1 is 1.50 bits per heavy atom. The summed E-state index contributed by atoms with van der Waals surface area (Å²) in [7, 11) is 0. The van der Waals surface area contributed by atoms with E-state index in [9.17, 15) is 4.79 Å². The number of aromatic nitrogens is 2. The second-order valence-corrected chi connectivity index (χ2v) is 3.91. The molecule has 1 aromatic rings. The fourth-order valence-electron chi connectivity index (χ4n) is 1.18. The Bertz CT molecular complexity index is 360. The van der Waals surface area contributed by atoms with Crippen molar-refractivity contribution in [1.82, 2.24) is 10.2 Å². The Kier molecular flexibility index (Phi) is 3.34. The molecule has 1 aliphatic carbocycles. The van der Waals surface area contributed by atoms with Crippen LogP contribution < -0.4 is 10.1 Å². The van der Waals surface area contributed by atoms with Gasteiger partial charge in [-0.1, -0.05) is 6.92 Å². The molecule has 0 aromatic carbocycles. The Balaban J connectivity index is 1.85. The molecule has 1 heterocycles. The summed E-state index contributed by atoms with van der Waals surface area (Å²) >= 11 is 0. The van der Waals surface area contributed by atoms with Crippen LogP contribution in [0.2, 0.25) is 0 Å². The first-order chi connectivity index (χ1) is 7.78. The zero-order valence-corrected chi connectivity index (χ0v) is 9.27. The lowest BCUT2D eigenvalue weighted by Gasteiger charge is -2.04. The van der Waals surface area contributed by atoms with E-state index < -0.39 is 0 Å². The highest BCUT2D eigenvalue weighted by Gasteiger charge is 2.22. The predicted octanol–water partition coefficient (Wildman–Crippen LogP) is 1.61. The van der Waals surface area contributed by atoms with Gasteiger partial charge < -0.3 is 10.1 Å². The number of amides is 1. The monoisotopic (exact) mass is 221 g/mol. The van der Waals surface area contributed by atoms with Crippen LogP contribution in [0.1, 0.15) is 26.2 Å². The van der Waals surface area contributed by atoms with Crippen molar-refractivity contribution < 1.29 is 9.53 Å². The first-order valence-corrected chi connectivity index (χ1v) is 5.54. The Labute approximate surface area is 94.2 Å². The first-order valence-electron chi connectivity index (χ1n) is 5.54. The van der Waals surface area contributed by atoms with E-state index in [4.69, 9.17) is 4.74 Å². The minimum absolute atomic E-state index is 0.0686. The summed E-state index contributed by atoms with van der Waals surface area (Å²) in [6, 6.07) is 3.42. The summed E-state index contributed by atoms with van der Waals surface area (Å²) < 4.78 is 5.43. The topological polar surface area (TPSA) is 64.1 Å². The van der Waals surface area contributed by atoms with Gasteiger partial charge in [0.1, 0.15) is 0 Å². The third-order valence-corrected chi connectivity index (χ3v) is 2.39. The van der Waals surface area contributed by atoms with Gasteiger partial charge in [-0.3, -0.25) is 4.79 Å². The molecule has 86 valence electrons. The maximum atomic E-state index is 11.1. The van der Waals surface area contributed by atoms with Gasteiger partial charge in [-0.05, 0) is 24.8 Å². The number of hydrogen-bond donors (Lipinski definition) is 1. The lowest BCUT2D eigenvalue weighted by molar-refractivity contribution is -0.115. The van der Waals surface area contributed by atoms with Gasteiger partial charge in [-0.25, -0.2) is 0 Å². The van der Waals surface area contributed by atoms with E-state index in [1.165, 1.54) is 12.8 Å². The van der Waals surface area contributed by atoms with Crippen molar-refractivity contribution in [3.8, 4) is 5.88 Å². The largest absolute Gasteiger partial charge is 0.476 e. The smallest absolute Gasteiger partial charge is 0.233 e. The molecule has 1 amide bonds. The average molecular weight is 221 g/mol. The number of carbonyl (C=O) groups excluding carboxylic acids is 1. The van der Waals surface area contributed by atoms with Gasteiger partial charge in [0.15, 0.2) is 5.82 Å². The highest BCUT2D eigenvalue weighted by atomic mass is 16.5. The summed E-state index contributed by atoms with van der Waals surface area (Å²) in [5.74, 6) is 1.61. The molecular weight excluding hydrogens is 206 g/mol. The van der Waals surface area contributed by atoms with Crippen LogP contribution in [-0.4, -0.2) is 22.7 Å². The van der Waals surface area contributed by atoms with Crippen molar-refractivity contribution in [2.75, 3.05) is 11.9 Å². The Morgan fingerprint density at radius 2 is 2.31 bits per heavy atom. The van der Waals surface area contributed by atoms with Crippen LogP contribution in [0.5, 0.6) is 5.88 Å². The van der Waals surface area contributed by atoms with Gasteiger partial charge in [0.2, 0.25) is 11.8 Å². The van der Waals surface area contributed by atoms with E-state index in [1.54, 1.807) is 19.1 Å². The zero-order valence-electron chi connectivity index (χ0n) is 9.27. The molecular formula is C11H15N3O2. The molecule has 1 aromatic heterocycles. The lowest BCUT2D eigenvalue weighted by atomic mass is 10.4. The van der Waals surface area contributed by atoms with Crippen molar-refractivity contribution in [1.29, 1.82) is 0 Å². The van der Waals surface area contributed by atoms with Crippen molar-refractivity contribution in [2.24, 2.45) is 5.92 Å². The highest BCUT2D eigenvalue weighted by Crippen LogP contribution is 2.29. The van der Waals surface area contributed by atoms with Crippen molar-refractivity contribution in [3.05, 3.63) is 12.1 Å². The molecule has 1 fully saturated rings. The van der Waals surface area contributed by atoms with Gasteiger partial charge >= 0.3 is 0 Å². The summed E-state index contributed by atoms with van der Waals surface area (Å²) in [5, 5.41) is 10.4.